The molecule has 1 aliphatic heterocycles. The third-order valence-electron chi connectivity index (χ3n) is 4.78. The summed E-state index contributed by atoms with van der Waals surface area (Å²) in [6, 6.07) is 1.92. The maximum Gasteiger partial charge on any atom is 0.223 e. The number of nitrogens with zero attached hydrogens (tertiary/aromatic N) is 5. The summed E-state index contributed by atoms with van der Waals surface area (Å²) in [5, 5.41) is 3.99. The van der Waals surface area contributed by atoms with Crippen LogP contribution in [0.5, 0.6) is 0 Å². The normalized spacial score (nSPS) is 16.2. The first-order valence-corrected chi connectivity index (χ1v) is 8.71. The number of hydrogen-bond acceptors (Lipinski definition) is 6. The van der Waals surface area contributed by atoms with Crippen molar-refractivity contribution in [2.24, 2.45) is 0 Å². The minimum Gasteiger partial charge on any atom is -0.361 e. The standard InChI is InChI=1S/C18H25N5O2/c1-12(18-13(2)21-25-14(18)3)11-17(24)23-9-7-22(8-10-23)16-5-6-19-15(4)20-16/h5-6,12H,7-11H2,1-4H3. The van der Waals surface area contributed by atoms with Crippen LogP contribution in [-0.4, -0.2) is 52.1 Å². The van der Waals surface area contributed by atoms with E-state index in [1.807, 2.05) is 31.7 Å². The summed E-state index contributed by atoms with van der Waals surface area (Å²) >= 11 is 0. The minimum atomic E-state index is 0.112. The molecule has 1 amide bonds. The Kier molecular flexibility index (Phi) is 5.01. The van der Waals surface area contributed by atoms with Gasteiger partial charge in [-0.05, 0) is 32.8 Å². The SMILES string of the molecule is Cc1nccc(N2CCN(C(=O)CC(C)c3c(C)noc3C)CC2)n1. The van der Waals surface area contributed by atoms with E-state index in [0.717, 1.165) is 54.8 Å². The highest BCUT2D eigenvalue weighted by Gasteiger charge is 2.25. The number of piperazine rings is 1. The molecular formula is C18H25N5O2. The lowest BCUT2D eigenvalue weighted by Gasteiger charge is -2.35. The Labute approximate surface area is 148 Å². The molecule has 1 atom stereocenters. The molecular weight excluding hydrogens is 318 g/mol. The van der Waals surface area contributed by atoms with Crippen LogP contribution in [0.4, 0.5) is 5.82 Å². The predicted molar refractivity (Wildman–Crippen MR) is 94.6 cm³/mol. The van der Waals surface area contributed by atoms with E-state index < -0.39 is 0 Å². The highest BCUT2D eigenvalue weighted by molar-refractivity contribution is 5.77. The molecule has 7 nitrogen and oxygen atoms in total. The summed E-state index contributed by atoms with van der Waals surface area (Å²) in [6.45, 7) is 10.8. The Morgan fingerprint density at radius 3 is 2.56 bits per heavy atom. The van der Waals surface area contributed by atoms with Crippen molar-refractivity contribution in [1.82, 2.24) is 20.0 Å². The van der Waals surface area contributed by atoms with Gasteiger partial charge in [0.1, 0.15) is 17.4 Å². The molecule has 1 saturated heterocycles. The zero-order valence-electron chi connectivity index (χ0n) is 15.3. The molecule has 2 aromatic rings. The third kappa shape index (κ3) is 3.81. The number of aryl methyl sites for hydroxylation is 3. The minimum absolute atomic E-state index is 0.112. The van der Waals surface area contributed by atoms with Crippen molar-refractivity contribution < 1.29 is 9.32 Å². The fourth-order valence-corrected chi connectivity index (χ4v) is 3.49. The zero-order valence-corrected chi connectivity index (χ0v) is 15.3. The second-order valence-corrected chi connectivity index (χ2v) is 6.67. The summed E-state index contributed by atoms with van der Waals surface area (Å²) in [6.07, 6.45) is 2.26. The highest BCUT2D eigenvalue weighted by atomic mass is 16.5. The first-order valence-electron chi connectivity index (χ1n) is 8.71. The quantitative estimate of drug-likeness (QED) is 0.847. The molecule has 0 aromatic carbocycles. The van der Waals surface area contributed by atoms with Gasteiger partial charge in [-0.2, -0.15) is 0 Å². The first-order chi connectivity index (χ1) is 12.0. The van der Waals surface area contributed by atoms with Crippen molar-refractivity contribution in [1.29, 1.82) is 0 Å². The van der Waals surface area contributed by atoms with E-state index >= 15 is 0 Å². The van der Waals surface area contributed by atoms with Gasteiger partial charge in [0.15, 0.2) is 0 Å². The van der Waals surface area contributed by atoms with Crippen LogP contribution >= 0.6 is 0 Å². The fraction of sp³-hybridized carbons (Fsp3) is 0.556. The second kappa shape index (κ2) is 7.21. The molecule has 134 valence electrons. The van der Waals surface area contributed by atoms with Gasteiger partial charge in [-0.25, -0.2) is 9.97 Å². The largest absolute Gasteiger partial charge is 0.361 e. The average molecular weight is 343 g/mol. The maximum absolute atomic E-state index is 12.7. The molecule has 1 fully saturated rings. The number of carbonyl (C=O) groups is 1. The van der Waals surface area contributed by atoms with Crippen molar-refractivity contribution in [2.75, 3.05) is 31.1 Å². The number of anilines is 1. The third-order valence-corrected chi connectivity index (χ3v) is 4.78. The second-order valence-electron chi connectivity index (χ2n) is 6.67. The van der Waals surface area contributed by atoms with E-state index in [9.17, 15) is 4.79 Å². The molecule has 3 heterocycles. The lowest BCUT2D eigenvalue weighted by atomic mass is 9.95. The van der Waals surface area contributed by atoms with Crippen LogP contribution in [0.25, 0.3) is 0 Å². The monoisotopic (exact) mass is 343 g/mol. The molecule has 3 rings (SSSR count). The van der Waals surface area contributed by atoms with E-state index in [4.69, 9.17) is 4.52 Å². The van der Waals surface area contributed by atoms with Gasteiger partial charge in [0.25, 0.3) is 0 Å². The average Bonchev–Trinajstić information content (AvgIpc) is 2.93. The number of rotatable bonds is 4. The Morgan fingerprint density at radius 2 is 1.96 bits per heavy atom. The van der Waals surface area contributed by atoms with Crippen LogP contribution in [0.2, 0.25) is 0 Å². The highest BCUT2D eigenvalue weighted by Crippen LogP contribution is 2.26. The molecule has 2 aromatic heterocycles. The van der Waals surface area contributed by atoms with Crippen molar-refractivity contribution in [3.63, 3.8) is 0 Å². The molecule has 0 radical (unpaired) electrons. The molecule has 0 bridgehead atoms. The van der Waals surface area contributed by atoms with Crippen molar-refractivity contribution in [2.45, 2.75) is 40.0 Å². The molecule has 0 aliphatic carbocycles. The van der Waals surface area contributed by atoms with Gasteiger partial charge in [-0.3, -0.25) is 4.79 Å². The lowest BCUT2D eigenvalue weighted by molar-refractivity contribution is -0.131. The van der Waals surface area contributed by atoms with Crippen LogP contribution < -0.4 is 4.90 Å². The Morgan fingerprint density at radius 1 is 1.24 bits per heavy atom. The lowest BCUT2D eigenvalue weighted by Crippen LogP contribution is -2.49. The molecule has 1 unspecified atom stereocenters. The van der Waals surface area contributed by atoms with Gasteiger partial charge in [-0.1, -0.05) is 12.1 Å². The summed E-state index contributed by atoms with van der Waals surface area (Å²) in [5.41, 5.74) is 1.94. The van der Waals surface area contributed by atoms with Gasteiger partial charge in [0.05, 0.1) is 5.69 Å². The van der Waals surface area contributed by atoms with E-state index in [-0.39, 0.29) is 11.8 Å². The number of amides is 1. The van der Waals surface area contributed by atoms with Gasteiger partial charge in [0.2, 0.25) is 5.91 Å². The first kappa shape index (κ1) is 17.4. The summed E-state index contributed by atoms with van der Waals surface area (Å²) in [4.78, 5) is 25.4. The van der Waals surface area contributed by atoms with E-state index in [1.165, 1.54) is 0 Å². The molecule has 25 heavy (non-hydrogen) atoms. The Bertz CT molecular complexity index is 730. The van der Waals surface area contributed by atoms with Crippen molar-refractivity contribution >= 4 is 11.7 Å². The smallest absolute Gasteiger partial charge is 0.223 e. The van der Waals surface area contributed by atoms with Gasteiger partial charge >= 0.3 is 0 Å². The molecule has 0 spiro atoms. The molecule has 1 aliphatic rings. The summed E-state index contributed by atoms with van der Waals surface area (Å²) < 4.78 is 5.22. The number of aromatic nitrogens is 3. The van der Waals surface area contributed by atoms with Gasteiger partial charge < -0.3 is 14.3 Å². The summed E-state index contributed by atoms with van der Waals surface area (Å²) in [7, 11) is 0. The van der Waals surface area contributed by atoms with Crippen molar-refractivity contribution in [3.05, 3.63) is 35.1 Å². The molecule has 7 heteroatoms. The van der Waals surface area contributed by atoms with E-state index in [2.05, 4.69) is 26.9 Å². The molecule has 0 saturated carbocycles. The summed E-state index contributed by atoms with van der Waals surface area (Å²) in [5.74, 6) is 2.81. The van der Waals surface area contributed by atoms with Crippen LogP contribution in [0, 0.1) is 20.8 Å². The van der Waals surface area contributed by atoms with Crippen LogP contribution in [-0.2, 0) is 4.79 Å². The number of carbonyl (C=O) groups excluding carboxylic acids is 1. The maximum atomic E-state index is 12.7. The van der Waals surface area contributed by atoms with Crippen LogP contribution in [0.3, 0.4) is 0 Å². The molecule has 0 N–H and O–H groups in total. The van der Waals surface area contributed by atoms with Gasteiger partial charge in [-0.15, -0.1) is 0 Å². The van der Waals surface area contributed by atoms with Crippen LogP contribution in [0.1, 0.15) is 42.1 Å². The Balaban J connectivity index is 1.56. The van der Waals surface area contributed by atoms with E-state index in [0.29, 0.717) is 6.42 Å². The zero-order chi connectivity index (χ0) is 18.0. The van der Waals surface area contributed by atoms with Crippen LogP contribution in [0.15, 0.2) is 16.8 Å². The van der Waals surface area contributed by atoms with Crippen molar-refractivity contribution in [3.8, 4) is 0 Å². The fourth-order valence-electron chi connectivity index (χ4n) is 3.49. The Hall–Kier alpha value is -2.44. The number of hydrogen-bond donors (Lipinski definition) is 0. The topological polar surface area (TPSA) is 75.4 Å². The van der Waals surface area contributed by atoms with Gasteiger partial charge in [0, 0.05) is 44.4 Å². The predicted octanol–water partition coefficient (Wildman–Crippen LogP) is 2.23. The van der Waals surface area contributed by atoms with E-state index in [1.54, 1.807) is 6.20 Å².